The number of nitrogens with one attached hydrogen (secondary N) is 1. The third-order valence-corrected chi connectivity index (χ3v) is 4.47. The van der Waals surface area contributed by atoms with E-state index in [0.717, 1.165) is 41.5 Å². The Morgan fingerprint density at radius 1 is 1.33 bits per heavy atom. The van der Waals surface area contributed by atoms with Crippen LogP contribution in [0.4, 0.5) is 0 Å². The zero-order chi connectivity index (χ0) is 15.2. The van der Waals surface area contributed by atoms with Crippen LogP contribution >= 0.6 is 15.9 Å². The molecule has 0 spiro atoms. The molecule has 0 aliphatic rings. The Hall–Kier alpha value is -1.27. The fourth-order valence-electron chi connectivity index (χ4n) is 2.37. The van der Waals surface area contributed by atoms with Crippen LogP contribution in [0.1, 0.15) is 43.3 Å². The zero-order valence-corrected chi connectivity index (χ0v) is 14.4. The van der Waals surface area contributed by atoms with Gasteiger partial charge in [-0.3, -0.25) is 4.68 Å². The summed E-state index contributed by atoms with van der Waals surface area (Å²) in [4.78, 5) is 0. The van der Waals surface area contributed by atoms with Gasteiger partial charge in [0.2, 0.25) is 0 Å². The lowest BCUT2D eigenvalue weighted by Crippen LogP contribution is -2.25. The second-order valence-corrected chi connectivity index (χ2v) is 5.86. The van der Waals surface area contributed by atoms with Crippen molar-refractivity contribution in [1.82, 2.24) is 25.3 Å². The van der Waals surface area contributed by atoms with E-state index in [-0.39, 0.29) is 6.04 Å². The van der Waals surface area contributed by atoms with Gasteiger partial charge >= 0.3 is 0 Å². The highest BCUT2D eigenvalue weighted by Gasteiger charge is 2.18. The molecule has 2 rings (SSSR count). The first-order valence-electron chi connectivity index (χ1n) is 7.37. The van der Waals surface area contributed by atoms with Crippen LogP contribution in [-0.2, 0) is 19.9 Å². The summed E-state index contributed by atoms with van der Waals surface area (Å²) in [7, 11) is 2.00. The second-order valence-electron chi connectivity index (χ2n) is 5.07. The summed E-state index contributed by atoms with van der Waals surface area (Å²) in [5, 5.41) is 16.0. The minimum absolute atomic E-state index is 0.219. The first-order valence-corrected chi connectivity index (χ1v) is 8.16. The van der Waals surface area contributed by atoms with E-state index in [0.29, 0.717) is 0 Å². The van der Waals surface area contributed by atoms with E-state index in [4.69, 9.17) is 0 Å². The Balaban J connectivity index is 2.25. The van der Waals surface area contributed by atoms with Crippen LogP contribution in [0.2, 0.25) is 0 Å². The SMILES string of the molecule is CCCNC(Cc1c(Br)c(CC)nn1C)c1ccnnc1. The molecule has 0 aliphatic heterocycles. The van der Waals surface area contributed by atoms with Crippen LogP contribution < -0.4 is 5.32 Å². The molecule has 5 nitrogen and oxygen atoms in total. The molecule has 6 heteroatoms. The van der Waals surface area contributed by atoms with Crippen molar-refractivity contribution in [3.05, 3.63) is 39.9 Å². The molecule has 0 saturated heterocycles. The Morgan fingerprint density at radius 3 is 2.71 bits per heavy atom. The molecule has 0 bridgehead atoms. The van der Waals surface area contributed by atoms with E-state index in [1.165, 1.54) is 5.69 Å². The number of halogens is 1. The van der Waals surface area contributed by atoms with Crippen LogP contribution in [0.3, 0.4) is 0 Å². The highest BCUT2D eigenvalue weighted by atomic mass is 79.9. The predicted octanol–water partition coefficient (Wildman–Crippen LogP) is 2.82. The van der Waals surface area contributed by atoms with Crippen molar-refractivity contribution in [2.75, 3.05) is 6.54 Å². The van der Waals surface area contributed by atoms with E-state index >= 15 is 0 Å². The van der Waals surface area contributed by atoms with Crippen LogP contribution in [0.5, 0.6) is 0 Å². The van der Waals surface area contributed by atoms with Crippen molar-refractivity contribution in [1.29, 1.82) is 0 Å². The number of aryl methyl sites for hydroxylation is 2. The van der Waals surface area contributed by atoms with Gasteiger partial charge in [0.1, 0.15) is 0 Å². The van der Waals surface area contributed by atoms with Crippen molar-refractivity contribution in [2.24, 2.45) is 7.05 Å². The van der Waals surface area contributed by atoms with Crippen molar-refractivity contribution < 1.29 is 0 Å². The summed E-state index contributed by atoms with van der Waals surface area (Å²) in [6.45, 7) is 5.27. The molecule has 0 aliphatic carbocycles. The number of nitrogens with zero attached hydrogens (tertiary/aromatic N) is 4. The summed E-state index contributed by atoms with van der Waals surface area (Å²) in [6, 6.07) is 2.24. The zero-order valence-electron chi connectivity index (χ0n) is 12.8. The van der Waals surface area contributed by atoms with Gasteiger partial charge in [-0.15, -0.1) is 0 Å². The van der Waals surface area contributed by atoms with Gasteiger partial charge in [-0.25, -0.2) is 0 Å². The van der Waals surface area contributed by atoms with Crippen molar-refractivity contribution >= 4 is 15.9 Å². The molecule has 1 N–H and O–H groups in total. The first-order chi connectivity index (χ1) is 10.2. The molecule has 0 aromatic carbocycles. The smallest absolute Gasteiger partial charge is 0.0766 e. The van der Waals surface area contributed by atoms with Gasteiger partial charge in [0.25, 0.3) is 0 Å². The molecule has 0 fully saturated rings. The molecule has 1 atom stereocenters. The Kier molecular flexibility index (Phi) is 5.87. The fraction of sp³-hybridized carbons (Fsp3) is 0.533. The van der Waals surface area contributed by atoms with Gasteiger partial charge in [0.15, 0.2) is 0 Å². The summed E-state index contributed by atoms with van der Waals surface area (Å²) in [6.07, 6.45) is 6.47. The minimum Gasteiger partial charge on any atom is -0.310 e. The molecular formula is C15H22BrN5. The maximum Gasteiger partial charge on any atom is 0.0766 e. The van der Waals surface area contributed by atoms with Gasteiger partial charge < -0.3 is 5.32 Å². The van der Waals surface area contributed by atoms with Crippen LogP contribution in [-0.4, -0.2) is 26.5 Å². The normalized spacial score (nSPS) is 12.6. The van der Waals surface area contributed by atoms with E-state index in [9.17, 15) is 0 Å². The molecule has 2 aromatic heterocycles. The van der Waals surface area contributed by atoms with Gasteiger partial charge in [0.05, 0.1) is 22.1 Å². The molecule has 2 aromatic rings. The van der Waals surface area contributed by atoms with E-state index in [2.05, 4.69) is 50.4 Å². The third-order valence-electron chi connectivity index (χ3n) is 3.55. The number of aromatic nitrogens is 4. The van der Waals surface area contributed by atoms with E-state index < -0.39 is 0 Å². The topological polar surface area (TPSA) is 55.6 Å². The molecule has 2 heterocycles. The Labute approximate surface area is 134 Å². The lowest BCUT2D eigenvalue weighted by molar-refractivity contribution is 0.509. The highest BCUT2D eigenvalue weighted by Crippen LogP contribution is 2.26. The first kappa shape index (κ1) is 16.1. The number of hydrogen-bond acceptors (Lipinski definition) is 4. The molecule has 114 valence electrons. The van der Waals surface area contributed by atoms with Crippen molar-refractivity contribution in [3.8, 4) is 0 Å². The van der Waals surface area contributed by atoms with Gasteiger partial charge in [-0.2, -0.15) is 15.3 Å². The highest BCUT2D eigenvalue weighted by molar-refractivity contribution is 9.10. The maximum absolute atomic E-state index is 4.57. The minimum atomic E-state index is 0.219. The molecule has 0 radical (unpaired) electrons. The summed E-state index contributed by atoms with van der Waals surface area (Å²) in [5.74, 6) is 0. The fourth-order valence-corrected chi connectivity index (χ4v) is 3.15. The van der Waals surface area contributed by atoms with Gasteiger partial charge in [-0.1, -0.05) is 13.8 Å². The molecular weight excluding hydrogens is 330 g/mol. The lowest BCUT2D eigenvalue weighted by atomic mass is 10.0. The third kappa shape index (κ3) is 3.89. The van der Waals surface area contributed by atoms with Crippen molar-refractivity contribution in [2.45, 2.75) is 39.2 Å². The summed E-state index contributed by atoms with van der Waals surface area (Å²) in [5.41, 5.74) is 3.47. The molecule has 0 saturated carbocycles. The average molecular weight is 352 g/mol. The standard InChI is InChI=1S/C15H22BrN5/c1-4-7-17-13(11-6-8-18-19-10-11)9-14-15(16)12(5-2)20-21(14)3/h6,8,10,13,17H,4-5,7,9H2,1-3H3. The van der Waals surface area contributed by atoms with Crippen LogP contribution in [0, 0.1) is 0 Å². The quantitative estimate of drug-likeness (QED) is 0.833. The lowest BCUT2D eigenvalue weighted by Gasteiger charge is -2.18. The Bertz CT molecular complexity index is 567. The Morgan fingerprint density at radius 2 is 2.14 bits per heavy atom. The van der Waals surface area contributed by atoms with E-state index in [1.807, 2.05) is 24.0 Å². The van der Waals surface area contributed by atoms with Crippen LogP contribution in [0.25, 0.3) is 0 Å². The van der Waals surface area contributed by atoms with Gasteiger partial charge in [0, 0.05) is 25.7 Å². The average Bonchev–Trinajstić information content (AvgIpc) is 2.79. The number of rotatable bonds is 7. The number of hydrogen-bond donors (Lipinski definition) is 1. The van der Waals surface area contributed by atoms with Crippen LogP contribution in [0.15, 0.2) is 22.9 Å². The van der Waals surface area contributed by atoms with E-state index in [1.54, 1.807) is 6.20 Å². The molecule has 0 amide bonds. The molecule has 21 heavy (non-hydrogen) atoms. The monoisotopic (exact) mass is 351 g/mol. The summed E-state index contributed by atoms with van der Waals surface area (Å²) < 4.78 is 3.09. The summed E-state index contributed by atoms with van der Waals surface area (Å²) >= 11 is 3.69. The predicted molar refractivity (Wildman–Crippen MR) is 87.1 cm³/mol. The van der Waals surface area contributed by atoms with Crippen molar-refractivity contribution in [3.63, 3.8) is 0 Å². The second kappa shape index (κ2) is 7.66. The van der Waals surface area contributed by atoms with Gasteiger partial charge in [-0.05, 0) is 46.9 Å². The maximum atomic E-state index is 4.57. The molecule has 1 unspecified atom stereocenters. The largest absolute Gasteiger partial charge is 0.310 e.